The van der Waals surface area contributed by atoms with Crippen molar-refractivity contribution in [2.75, 3.05) is 6.54 Å². The van der Waals surface area contributed by atoms with Crippen LogP contribution in [-0.2, 0) is 14.4 Å². The Morgan fingerprint density at radius 1 is 0.885 bits per heavy atom. The van der Waals surface area contributed by atoms with Crippen LogP contribution in [0, 0.1) is 23.7 Å². The SMILES string of the molecule is C[C@H]1[C@H](C)CCC[C@@H]1N1C[C@@H](C(=O)NNC(=O)C2CCCCC2)CC1=O. The largest absolute Gasteiger partial charge is 0.339 e. The molecule has 2 saturated carbocycles. The Morgan fingerprint density at radius 2 is 1.54 bits per heavy atom. The molecule has 2 aliphatic carbocycles. The molecule has 0 unspecified atom stereocenters. The van der Waals surface area contributed by atoms with Crippen molar-refractivity contribution in [3.8, 4) is 0 Å². The first kappa shape index (κ1) is 19.2. The van der Waals surface area contributed by atoms with Gasteiger partial charge in [-0.15, -0.1) is 0 Å². The number of hydrogen-bond donors (Lipinski definition) is 2. The second kappa shape index (κ2) is 8.40. The maximum absolute atomic E-state index is 12.5. The van der Waals surface area contributed by atoms with Gasteiger partial charge in [-0.25, -0.2) is 0 Å². The molecule has 6 heteroatoms. The molecule has 0 aromatic rings. The van der Waals surface area contributed by atoms with Gasteiger partial charge in [0.2, 0.25) is 17.7 Å². The zero-order chi connectivity index (χ0) is 18.7. The standard InChI is InChI=1S/C20H33N3O3/c1-13-7-6-10-17(14(13)2)23-12-16(11-18(23)24)20(26)22-21-19(25)15-8-4-3-5-9-15/h13-17H,3-12H2,1-2H3,(H,21,25)(H,22,26)/t13-,14+,16+,17+/m1/s1. The van der Waals surface area contributed by atoms with Crippen LogP contribution in [0.3, 0.4) is 0 Å². The maximum Gasteiger partial charge on any atom is 0.243 e. The van der Waals surface area contributed by atoms with E-state index in [0.717, 1.165) is 38.5 Å². The van der Waals surface area contributed by atoms with Gasteiger partial charge in [0.25, 0.3) is 0 Å². The quantitative estimate of drug-likeness (QED) is 0.756. The van der Waals surface area contributed by atoms with Crippen LogP contribution < -0.4 is 10.9 Å². The van der Waals surface area contributed by atoms with Crippen molar-refractivity contribution in [2.45, 2.75) is 77.7 Å². The third-order valence-electron chi connectivity index (χ3n) is 6.88. The molecule has 0 bridgehead atoms. The molecule has 3 aliphatic rings. The summed E-state index contributed by atoms with van der Waals surface area (Å²) in [5, 5.41) is 0. The molecular weight excluding hydrogens is 330 g/mol. The average Bonchev–Trinajstić information content (AvgIpc) is 3.04. The van der Waals surface area contributed by atoms with Gasteiger partial charge in [-0.1, -0.05) is 46.0 Å². The third kappa shape index (κ3) is 4.21. The van der Waals surface area contributed by atoms with Gasteiger partial charge in [-0.2, -0.15) is 0 Å². The van der Waals surface area contributed by atoms with Crippen LogP contribution >= 0.6 is 0 Å². The zero-order valence-corrected chi connectivity index (χ0v) is 16.1. The van der Waals surface area contributed by atoms with Crippen molar-refractivity contribution in [3.05, 3.63) is 0 Å². The number of likely N-dealkylation sites (tertiary alicyclic amines) is 1. The molecule has 0 aromatic carbocycles. The minimum Gasteiger partial charge on any atom is -0.339 e. The van der Waals surface area contributed by atoms with Gasteiger partial charge in [-0.05, 0) is 31.1 Å². The normalized spacial score (nSPS) is 33.2. The van der Waals surface area contributed by atoms with Crippen molar-refractivity contribution in [2.24, 2.45) is 23.7 Å². The summed E-state index contributed by atoms with van der Waals surface area (Å²) < 4.78 is 0. The summed E-state index contributed by atoms with van der Waals surface area (Å²) in [7, 11) is 0. The highest BCUT2D eigenvalue weighted by Crippen LogP contribution is 2.35. The smallest absolute Gasteiger partial charge is 0.243 e. The van der Waals surface area contributed by atoms with Gasteiger partial charge in [0.05, 0.1) is 5.92 Å². The van der Waals surface area contributed by atoms with E-state index in [-0.39, 0.29) is 42.0 Å². The molecule has 26 heavy (non-hydrogen) atoms. The van der Waals surface area contributed by atoms with E-state index in [2.05, 4.69) is 24.7 Å². The molecule has 3 amide bonds. The van der Waals surface area contributed by atoms with Crippen LogP contribution in [0.2, 0.25) is 0 Å². The van der Waals surface area contributed by atoms with Gasteiger partial charge in [0, 0.05) is 24.9 Å². The lowest BCUT2D eigenvalue weighted by Crippen LogP contribution is -2.48. The van der Waals surface area contributed by atoms with Crippen LogP contribution in [-0.4, -0.2) is 35.2 Å². The van der Waals surface area contributed by atoms with Crippen molar-refractivity contribution in [1.82, 2.24) is 15.8 Å². The molecule has 146 valence electrons. The van der Waals surface area contributed by atoms with Crippen LogP contribution in [0.25, 0.3) is 0 Å². The maximum atomic E-state index is 12.5. The number of hydrogen-bond acceptors (Lipinski definition) is 3. The Labute approximate surface area is 156 Å². The number of carbonyl (C=O) groups is 3. The second-order valence-corrected chi connectivity index (χ2v) is 8.60. The van der Waals surface area contributed by atoms with Crippen LogP contribution in [0.5, 0.6) is 0 Å². The van der Waals surface area contributed by atoms with E-state index in [1.54, 1.807) is 0 Å². The molecule has 3 rings (SSSR count). The summed E-state index contributed by atoms with van der Waals surface area (Å²) in [5.41, 5.74) is 5.15. The molecular formula is C20H33N3O3. The van der Waals surface area contributed by atoms with Crippen molar-refractivity contribution >= 4 is 17.7 Å². The number of rotatable bonds is 3. The van der Waals surface area contributed by atoms with Crippen molar-refractivity contribution < 1.29 is 14.4 Å². The molecule has 1 aliphatic heterocycles. The summed E-state index contributed by atoms with van der Waals surface area (Å²) in [6, 6.07) is 0.251. The Kier molecular flexibility index (Phi) is 6.20. The number of hydrazine groups is 1. The highest BCUT2D eigenvalue weighted by molar-refractivity contribution is 5.90. The molecule has 1 heterocycles. The summed E-state index contributed by atoms with van der Waals surface area (Å²) >= 11 is 0. The number of amides is 3. The van der Waals surface area contributed by atoms with Crippen LogP contribution in [0.15, 0.2) is 0 Å². The van der Waals surface area contributed by atoms with Gasteiger partial charge >= 0.3 is 0 Å². The lowest BCUT2D eigenvalue weighted by molar-refractivity contribution is -0.133. The molecule has 6 nitrogen and oxygen atoms in total. The van der Waals surface area contributed by atoms with E-state index in [9.17, 15) is 14.4 Å². The molecule has 0 radical (unpaired) electrons. The topological polar surface area (TPSA) is 78.5 Å². The van der Waals surface area contributed by atoms with Gasteiger partial charge in [0.1, 0.15) is 0 Å². The van der Waals surface area contributed by atoms with Gasteiger partial charge < -0.3 is 4.90 Å². The van der Waals surface area contributed by atoms with Gasteiger partial charge in [-0.3, -0.25) is 25.2 Å². The van der Waals surface area contributed by atoms with E-state index in [4.69, 9.17) is 0 Å². The van der Waals surface area contributed by atoms with Crippen molar-refractivity contribution in [3.63, 3.8) is 0 Å². The molecule has 0 aromatic heterocycles. The van der Waals surface area contributed by atoms with E-state index < -0.39 is 0 Å². The van der Waals surface area contributed by atoms with Gasteiger partial charge in [0.15, 0.2) is 0 Å². The Hall–Kier alpha value is -1.59. The number of nitrogens with one attached hydrogen (secondary N) is 2. The summed E-state index contributed by atoms with van der Waals surface area (Å²) in [4.78, 5) is 39.0. The Morgan fingerprint density at radius 3 is 2.23 bits per heavy atom. The first-order valence-electron chi connectivity index (χ1n) is 10.4. The highest BCUT2D eigenvalue weighted by Gasteiger charge is 2.41. The van der Waals surface area contributed by atoms with E-state index in [1.165, 1.54) is 12.8 Å². The predicted molar refractivity (Wildman–Crippen MR) is 98.6 cm³/mol. The minimum absolute atomic E-state index is 0.00957. The van der Waals surface area contributed by atoms with Crippen molar-refractivity contribution in [1.29, 1.82) is 0 Å². The van der Waals surface area contributed by atoms with Crippen LogP contribution in [0.1, 0.15) is 71.6 Å². The fourth-order valence-electron chi connectivity index (χ4n) is 4.91. The number of carbonyl (C=O) groups excluding carboxylic acids is 3. The van der Waals surface area contributed by atoms with E-state index in [0.29, 0.717) is 18.4 Å². The molecule has 3 fully saturated rings. The fraction of sp³-hybridized carbons (Fsp3) is 0.850. The van der Waals surface area contributed by atoms with E-state index >= 15 is 0 Å². The highest BCUT2D eigenvalue weighted by atomic mass is 16.2. The minimum atomic E-state index is -0.362. The summed E-state index contributed by atoms with van der Waals surface area (Å²) in [6.07, 6.45) is 8.79. The first-order valence-corrected chi connectivity index (χ1v) is 10.4. The molecule has 4 atom stereocenters. The lowest BCUT2D eigenvalue weighted by atomic mass is 9.77. The fourth-order valence-corrected chi connectivity index (χ4v) is 4.91. The van der Waals surface area contributed by atoms with E-state index in [1.807, 2.05) is 4.90 Å². The average molecular weight is 364 g/mol. The second-order valence-electron chi connectivity index (χ2n) is 8.60. The molecule has 2 N–H and O–H groups in total. The molecule has 1 saturated heterocycles. The Bertz CT molecular complexity index is 544. The Balaban J connectivity index is 1.49. The summed E-state index contributed by atoms with van der Waals surface area (Å²) in [5.74, 6) is 0.490. The monoisotopic (exact) mass is 363 g/mol. The number of nitrogens with zero attached hydrogens (tertiary/aromatic N) is 1. The molecule has 0 spiro atoms. The third-order valence-corrected chi connectivity index (χ3v) is 6.88. The summed E-state index contributed by atoms with van der Waals surface area (Å²) in [6.45, 7) is 4.95. The first-order chi connectivity index (χ1) is 12.5. The van der Waals surface area contributed by atoms with Crippen LogP contribution in [0.4, 0.5) is 0 Å². The zero-order valence-electron chi connectivity index (χ0n) is 16.1. The predicted octanol–water partition coefficient (Wildman–Crippen LogP) is 2.39. The lowest BCUT2D eigenvalue weighted by Gasteiger charge is -2.40.